The van der Waals surface area contributed by atoms with Gasteiger partial charge in [-0.05, 0) is 47.9 Å². The smallest absolute Gasteiger partial charge is 0.254 e. The Hall–Kier alpha value is -1.98. The van der Waals surface area contributed by atoms with Gasteiger partial charge in [0.15, 0.2) is 5.78 Å². The minimum Gasteiger partial charge on any atom is -0.394 e. The number of aliphatic hydroxyl groups is 1. The van der Waals surface area contributed by atoms with E-state index in [0.29, 0.717) is 24.1 Å². The second-order valence-corrected chi connectivity index (χ2v) is 6.23. The first kappa shape index (κ1) is 17.4. The third kappa shape index (κ3) is 4.27. The summed E-state index contributed by atoms with van der Waals surface area (Å²) in [7, 11) is 0. The van der Waals surface area contributed by atoms with Crippen LogP contribution in [0.3, 0.4) is 0 Å². The first-order valence-electron chi connectivity index (χ1n) is 7.60. The van der Waals surface area contributed by atoms with Crippen LogP contribution in [-0.2, 0) is 6.54 Å². The fraction of sp³-hybridized carbons (Fsp3) is 0.333. The van der Waals surface area contributed by atoms with Crippen molar-refractivity contribution in [1.82, 2.24) is 4.90 Å². The molecule has 122 valence electrons. The van der Waals surface area contributed by atoms with Gasteiger partial charge in [-0.15, -0.1) is 0 Å². The normalized spacial score (nSPS) is 12.0. The van der Waals surface area contributed by atoms with Crippen molar-refractivity contribution in [2.24, 2.45) is 0 Å². The van der Waals surface area contributed by atoms with E-state index in [9.17, 15) is 14.7 Å². The molecule has 0 aliphatic rings. The number of aliphatic hydroxyl groups excluding tert-OH is 1. The Bertz CT molecular complexity index is 663. The average Bonchev–Trinajstić information content (AvgIpc) is 3.07. The maximum Gasteiger partial charge on any atom is 0.254 e. The zero-order valence-electron chi connectivity index (χ0n) is 13.4. The second kappa shape index (κ2) is 8.04. The number of amides is 1. The molecule has 0 radical (unpaired) electrons. The Kier molecular flexibility index (Phi) is 6.07. The van der Waals surface area contributed by atoms with Crippen molar-refractivity contribution < 1.29 is 14.7 Å². The van der Waals surface area contributed by atoms with E-state index < -0.39 is 0 Å². The summed E-state index contributed by atoms with van der Waals surface area (Å²) in [5.41, 5.74) is 2.03. The van der Waals surface area contributed by atoms with Crippen LogP contribution in [0.4, 0.5) is 0 Å². The number of hydrogen-bond donors (Lipinski definition) is 1. The van der Waals surface area contributed by atoms with Crippen molar-refractivity contribution in [3.8, 4) is 0 Å². The summed E-state index contributed by atoms with van der Waals surface area (Å²) in [6.07, 6.45) is 0.665. The molecule has 0 saturated heterocycles. The van der Waals surface area contributed by atoms with Crippen LogP contribution in [0.25, 0.3) is 0 Å². The van der Waals surface area contributed by atoms with Crippen molar-refractivity contribution >= 4 is 23.0 Å². The molecule has 1 aromatic carbocycles. The quantitative estimate of drug-likeness (QED) is 0.792. The van der Waals surface area contributed by atoms with Gasteiger partial charge in [0.25, 0.3) is 5.91 Å². The van der Waals surface area contributed by atoms with Crippen LogP contribution in [0, 0.1) is 0 Å². The molecular weight excluding hydrogens is 310 g/mol. The fourth-order valence-corrected chi connectivity index (χ4v) is 3.09. The third-order valence-corrected chi connectivity index (χ3v) is 4.56. The largest absolute Gasteiger partial charge is 0.394 e. The maximum absolute atomic E-state index is 12.9. The van der Waals surface area contributed by atoms with E-state index in [1.165, 1.54) is 6.92 Å². The van der Waals surface area contributed by atoms with Gasteiger partial charge >= 0.3 is 0 Å². The number of rotatable bonds is 7. The zero-order chi connectivity index (χ0) is 16.8. The molecule has 1 amide bonds. The molecule has 1 heterocycles. The first-order valence-corrected chi connectivity index (χ1v) is 8.55. The molecule has 1 atom stereocenters. The third-order valence-electron chi connectivity index (χ3n) is 3.83. The van der Waals surface area contributed by atoms with Crippen LogP contribution in [0.15, 0.2) is 41.1 Å². The molecule has 0 spiro atoms. The zero-order valence-corrected chi connectivity index (χ0v) is 14.2. The summed E-state index contributed by atoms with van der Waals surface area (Å²) in [5, 5.41) is 13.6. The molecule has 2 rings (SSSR count). The fourth-order valence-electron chi connectivity index (χ4n) is 2.43. The molecular formula is C18H21NO3S. The Morgan fingerprint density at radius 1 is 1.26 bits per heavy atom. The maximum atomic E-state index is 12.9. The van der Waals surface area contributed by atoms with Crippen molar-refractivity contribution in [3.63, 3.8) is 0 Å². The summed E-state index contributed by atoms with van der Waals surface area (Å²) in [6.45, 7) is 3.79. The second-order valence-electron chi connectivity index (χ2n) is 5.45. The first-order chi connectivity index (χ1) is 11.1. The highest BCUT2D eigenvalue weighted by Crippen LogP contribution is 2.18. The van der Waals surface area contributed by atoms with Crippen LogP contribution >= 0.6 is 11.3 Å². The van der Waals surface area contributed by atoms with E-state index in [1.807, 2.05) is 23.8 Å². The standard InChI is InChI=1S/C18H21NO3S/c1-3-17(11-20)19(10-14-7-8-23-12-14)18(22)16-6-4-5-15(9-16)13(2)21/h4-9,12,17,20H,3,10-11H2,1-2H3/t17-/m1/s1. The lowest BCUT2D eigenvalue weighted by molar-refractivity contribution is 0.0564. The number of benzene rings is 1. The molecule has 0 fully saturated rings. The number of nitrogens with zero attached hydrogens (tertiary/aromatic N) is 1. The topological polar surface area (TPSA) is 57.6 Å². The van der Waals surface area contributed by atoms with Gasteiger partial charge in [-0.25, -0.2) is 0 Å². The minimum absolute atomic E-state index is 0.0711. The van der Waals surface area contributed by atoms with Gasteiger partial charge in [0.05, 0.1) is 12.6 Å². The van der Waals surface area contributed by atoms with E-state index in [2.05, 4.69) is 0 Å². The highest BCUT2D eigenvalue weighted by molar-refractivity contribution is 7.07. The lowest BCUT2D eigenvalue weighted by atomic mass is 10.1. The van der Waals surface area contributed by atoms with Crippen LogP contribution in [0.2, 0.25) is 0 Å². The van der Waals surface area contributed by atoms with E-state index in [0.717, 1.165) is 5.56 Å². The van der Waals surface area contributed by atoms with Gasteiger partial charge in [0.1, 0.15) is 0 Å². The van der Waals surface area contributed by atoms with Crippen molar-refractivity contribution in [2.75, 3.05) is 6.61 Å². The summed E-state index contributed by atoms with van der Waals surface area (Å²) >= 11 is 1.58. The molecule has 0 bridgehead atoms. The molecule has 5 heteroatoms. The van der Waals surface area contributed by atoms with Crippen LogP contribution in [0.1, 0.15) is 46.5 Å². The number of ketones is 1. The van der Waals surface area contributed by atoms with Gasteiger partial charge < -0.3 is 10.0 Å². The summed E-state index contributed by atoms with van der Waals surface area (Å²) in [4.78, 5) is 26.1. The summed E-state index contributed by atoms with van der Waals surface area (Å²) in [5.74, 6) is -0.238. The van der Waals surface area contributed by atoms with E-state index in [1.54, 1.807) is 40.5 Å². The van der Waals surface area contributed by atoms with Gasteiger partial charge in [-0.2, -0.15) is 11.3 Å². The highest BCUT2D eigenvalue weighted by atomic mass is 32.1. The van der Waals surface area contributed by atoms with Gasteiger partial charge in [0, 0.05) is 17.7 Å². The Labute approximate surface area is 140 Å². The van der Waals surface area contributed by atoms with Crippen molar-refractivity contribution in [1.29, 1.82) is 0 Å². The lowest BCUT2D eigenvalue weighted by Crippen LogP contribution is -2.41. The average molecular weight is 331 g/mol. The van der Waals surface area contributed by atoms with Crippen LogP contribution in [0.5, 0.6) is 0 Å². The SMILES string of the molecule is CC[C@H](CO)N(Cc1ccsc1)C(=O)c1cccc(C(C)=O)c1. The predicted octanol–water partition coefficient (Wildman–Crippen LogP) is 3.36. The van der Waals surface area contributed by atoms with Gasteiger partial charge in [0.2, 0.25) is 0 Å². The molecule has 0 aliphatic heterocycles. The van der Waals surface area contributed by atoms with E-state index in [-0.39, 0.29) is 24.3 Å². The van der Waals surface area contributed by atoms with Crippen LogP contribution in [-0.4, -0.2) is 34.3 Å². The van der Waals surface area contributed by atoms with E-state index >= 15 is 0 Å². The number of carbonyl (C=O) groups is 2. The monoisotopic (exact) mass is 331 g/mol. The van der Waals surface area contributed by atoms with Crippen molar-refractivity contribution in [2.45, 2.75) is 32.9 Å². The minimum atomic E-state index is -0.247. The Balaban J connectivity index is 2.31. The number of carbonyl (C=O) groups excluding carboxylic acids is 2. The summed E-state index contributed by atoms with van der Waals surface area (Å²) < 4.78 is 0. The molecule has 23 heavy (non-hydrogen) atoms. The molecule has 1 N–H and O–H groups in total. The van der Waals surface area contributed by atoms with Crippen molar-refractivity contribution in [3.05, 3.63) is 57.8 Å². The van der Waals surface area contributed by atoms with Gasteiger partial charge in [-0.1, -0.05) is 19.1 Å². The van der Waals surface area contributed by atoms with Gasteiger partial charge in [-0.3, -0.25) is 9.59 Å². The Morgan fingerprint density at radius 3 is 2.57 bits per heavy atom. The Morgan fingerprint density at radius 2 is 2.00 bits per heavy atom. The molecule has 0 unspecified atom stereocenters. The predicted molar refractivity (Wildman–Crippen MR) is 91.8 cm³/mol. The van der Waals surface area contributed by atoms with E-state index in [4.69, 9.17) is 0 Å². The molecule has 1 aromatic heterocycles. The molecule has 2 aromatic rings. The number of Topliss-reactive ketones (excluding diaryl/α,β-unsaturated/α-hetero) is 1. The highest BCUT2D eigenvalue weighted by Gasteiger charge is 2.24. The number of thiophene rings is 1. The molecule has 0 aliphatic carbocycles. The van der Waals surface area contributed by atoms with Crippen LogP contribution < -0.4 is 0 Å². The lowest BCUT2D eigenvalue weighted by Gasteiger charge is -2.30. The molecule has 4 nitrogen and oxygen atoms in total. The summed E-state index contributed by atoms with van der Waals surface area (Å²) in [6, 6.07) is 8.47. The number of hydrogen-bond acceptors (Lipinski definition) is 4. The molecule has 0 saturated carbocycles.